The van der Waals surface area contributed by atoms with Crippen LogP contribution in [0.1, 0.15) is 17.8 Å². The van der Waals surface area contributed by atoms with Crippen LogP contribution in [0.3, 0.4) is 0 Å². The van der Waals surface area contributed by atoms with Gasteiger partial charge in [-0.1, -0.05) is 12.1 Å². The Bertz CT molecular complexity index is 568. The molecular weight excluding hydrogens is 262 g/mol. The van der Waals surface area contributed by atoms with Crippen molar-refractivity contribution >= 4 is 0 Å². The zero-order valence-electron chi connectivity index (χ0n) is 11.3. The number of nitrogens with zero attached hydrogens (tertiary/aromatic N) is 2. The Balaban J connectivity index is 1.99. The summed E-state index contributed by atoms with van der Waals surface area (Å²) in [6.07, 6.45) is 5.34. The second-order valence-electron chi connectivity index (χ2n) is 4.77. The van der Waals surface area contributed by atoms with E-state index in [1.807, 2.05) is 17.8 Å². The van der Waals surface area contributed by atoms with Gasteiger partial charge in [-0.2, -0.15) is 0 Å². The third-order valence-corrected chi connectivity index (χ3v) is 3.37. The minimum absolute atomic E-state index is 0.136. The van der Waals surface area contributed by atoms with Gasteiger partial charge in [0.1, 0.15) is 5.82 Å². The van der Waals surface area contributed by atoms with Crippen molar-refractivity contribution in [3.63, 3.8) is 0 Å². The molecule has 0 radical (unpaired) electrons. The highest BCUT2D eigenvalue weighted by atomic mass is 19.2. The summed E-state index contributed by atoms with van der Waals surface area (Å²) < 4.78 is 28.7. The highest BCUT2D eigenvalue weighted by Gasteiger charge is 2.14. The van der Waals surface area contributed by atoms with Gasteiger partial charge < -0.3 is 4.57 Å². The molecule has 0 saturated heterocycles. The van der Waals surface area contributed by atoms with Crippen LogP contribution in [0.2, 0.25) is 0 Å². The molecule has 20 heavy (non-hydrogen) atoms. The fourth-order valence-electron chi connectivity index (χ4n) is 2.16. The molecule has 108 valence electrons. The van der Waals surface area contributed by atoms with E-state index in [1.165, 1.54) is 6.07 Å². The van der Waals surface area contributed by atoms with Crippen LogP contribution in [-0.2, 0) is 19.9 Å². The van der Waals surface area contributed by atoms with Crippen LogP contribution in [0.5, 0.6) is 0 Å². The second-order valence-corrected chi connectivity index (χ2v) is 4.77. The predicted octanol–water partition coefficient (Wildman–Crippen LogP) is 1.71. The van der Waals surface area contributed by atoms with Gasteiger partial charge in [-0.25, -0.2) is 13.8 Å². The lowest BCUT2D eigenvalue weighted by molar-refractivity contribution is 0.457. The van der Waals surface area contributed by atoms with Crippen LogP contribution in [0.25, 0.3) is 0 Å². The van der Waals surface area contributed by atoms with E-state index in [0.29, 0.717) is 18.4 Å². The van der Waals surface area contributed by atoms with Gasteiger partial charge in [-0.05, 0) is 24.5 Å². The number of hydrazine groups is 1. The predicted molar refractivity (Wildman–Crippen MR) is 72.7 cm³/mol. The zero-order valence-corrected chi connectivity index (χ0v) is 11.3. The molecule has 0 spiro atoms. The number of aryl methyl sites for hydroxylation is 2. The van der Waals surface area contributed by atoms with Gasteiger partial charge in [0.15, 0.2) is 11.6 Å². The number of rotatable bonds is 6. The highest BCUT2D eigenvalue weighted by molar-refractivity contribution is 5.20. The van der Waals surface area contributed by atoms with E-state index < -0.39 is 11.6 Å². The maximum Gasteiger partial charge on any atom is 0.162 e. The van der Waals surface area contributed by atoms with Gasteiger partial charge in [0.05, 0.1) is 0 Å². The lowest BCUT2D eigenvalue weighted by Crippen LogP contribution is -2.37. The quantitative estimate of drug-likeness (QED) is 0.625. The van der Waals surface area contributed by atoms with E-state index in [-0.39, 0.29) is 6.04 Å². The Morgan fingerprint density at radius 2 is 2.20 bits per heavy atom. The third kappa shape index (κ3) is 3.40. The molecule has 1 atom stereocenters. The fraction of sp³-hybridized carbons (Fsp3) is 0.357. The minimum Gasteiger partial charge on any atom is -0.338 e. The molecule has 3 N–H and O–H groups in total. The van der Waals surface area contributed by atoms with Crippen LogP contribution in [0.15, 0.2) is 30.6 Å². The molecule has 6 heteroatoms. The zero-order chi connectivity index (χ0) is 14.5. The molecule has 0 aliphatic rings. The lowest BCUT2D eigenvalue weighted by Gasteiger charge is -2.16. The number of nitrogens with two attached hydrogens (primary N) is 1. The van der Waals surface area contributed by atoms with E-state index in [2.05, 4.69) is 10.4 Å². The summed E-state index contributed by atoms with van der Waals surface area (Å²) in [6, 6.07) is 4.05. The van der Waals surface area contributed by atoms with Crippen molar-refractivity contribution in [3.8, 4) is 0 Å². The van der Waals surface area contributed by atoms with E-state index in [9.17, 15) is 8.78 Å². The number of hydrogen-bond acceptors (Lipinski definition) is 3. The molecule has 0 amide bonds. The Kier molecular flexibility index (Phi) is 4.81. The molecule has 1 heterocycles. The smallest absolute Gasteiger partial charge is 0.162 e. The molecule has 0 fully saturated rings. The Morgan fingerprint density at radius 3 is 2.85 bits per heavy atom. The number of aromatic nitrogens is 2. The molecule has 2 aromatic rings. The Hall–Kier alpha value is -1.79. The van der Waals surface area contributed by atoms with Crippen LogP contribution in [0, 0.1) is 11.6 Å². The van der Waals surface area contributed by atoms with E-state index in [4.69, 9.17) is 5.84 Å². The van der Waals surface area contributed by atoms with E-state index >= 15 is 0 Å². The summed E-state index contributed by atoms with van der Waals surface area (Å²) in [7, 11) is 1.92. The maximum absolute atomic E-state index is 13.6. The first-order valence-electron chi connectivity index (χ1n) is 6.47. The maximum atomic E-state index is 13.6. The van der Waals surface area contributed by atoms with Crippen molar-refractivity contribution in [2.45, 2.75) is 25.3 Å². The normalized spacial score (nSPS) is 12.6. The van der Waals surface area contributed by atoms with Gasteiger partial charge in [0.25, 0.3) is 0 Å². The minimum atomic E-state index is -0.831. The molecule has 1 aromatic heterocycles. The van der Waals surface area contributed by atoms with Crippen molar-refractivity contribution in [2.75, 3.05) is 0 Å². The lowest BCUT2D eigenvalue weighted by atomic mass is 10.0. The average Bonchev–Trinajstić information content (AvgIpc) is 2.85. The highest BCUT2D eigenvalue weighted by Crippen LogP contribution is 2.15. The topological polar surface area (TPSA) is 55.9 Å². The van der Waals surface area contributed by atoms with Crippen molar-refractivity contribution in [3.05, 3.63) is 53.6 Å². The SMILES string of the molecule is Cn1ccnc1CCC(Cc1cccc(F)c1F)NN. The van der Waals surface area contributed by atoms with E-state index in [1.54, 1.807) is 12.3 Å². The Morgan fingerprint density at radius 1 is 1.40 bits per heavy atom. The first-order valence-corrected chi connectivity index (χ1v) is 6.47. The number of benzene rings is 1. The number of imidazole rings is 1. The summed E-state index contributed by atoms with van der Waals surface area (Å²) in [5.41, 5.74) is 2.98. The summed E-state index contributed by atoms with van der Waals surface area (Å²) in [5.74, 6) is 4.80. The van der Waals surface area contributed by atoms with Crippen molar-refractivity contribution < 1.29 is 8.78 Å². The van der Waals surface area contributed by atoms with Crippen molar-refractivity contribution in [1.82, 2.24) is 15.0 Å². The Labute approximate surface area is 116 Å². The third-order valence-electron chi connectivity index (χ3n) is 3.37. The second kappa shape index (κ2) is 6.58. The summed E-state index contributed by atoms with van der Waals surface area (Å²) >= 11 is 0. The summed E-state index contributed by atoms with van der Waals surface area (Å²) in [6.45, 7) is 0. The molecule has 2 rings (SSSR count). The molecule has 1 aromatic carbocycles. The number of hydrogen-bond donors (Lipinski definition) is 2. The average molecular weight is 280 g/mol. The molecule has 1 unspecified atom stereocenters. The van der Waals surface area contributed by atoms with E-state index in [0.717, 1.165) is 18.3 Å². The van der Waals surface area contributed by atoms with Crippen molar-refractivity contribution in [1.29, 1.82) is 0 Å². The number of halogens is 2. The molecular formula is C14H18F2N4. The van der Waals surface area contributed by atoms with Gasteiger partial charge in [-0.15, -0.1) is 0 Å². The summed E-state index contributed by atoms with van der Waals surface area (Å²) in [4.78, 5) is 4.22. The molecule has 0 aliphatic carbocycles. The van der Waals surface area contributed by atoms with Gasteiger partial charge >= 0.3 is 0 Å². The first-order chi connectivity index (χ1) is 9.61. The molecule has 0 aliphatic heterocycles. The fourth-order valence-corrected chi connectivity index (χ4v) is 2.16. The molecule has 0 saturated carbocycles. The van der Waals surface area contributed by atoms with Crippen LogP contribution >= 0.6 is 0 Å². The van der Waals surface area contributed by atoms with Gasteiger partial charge in [0.2, 0.25) is 0 Å². The van der Waals surface area contributed by atoms with Crippen LogP contribution in [0.4, 0.5) is 8.78 Å². The van der Waals surface area contributed by atoms with Crippen LogP contribution < -0.4 is 11.3 Å². The summed E-state index contributed by atoms with van der Waals surface area (Å²) in [5, 5.41) is 0. The largest absolute Gasteiger partial charge is 0.338 e. The molecule has 4 nitrogen and oxygen atoms in total. The first kappa shape index (κ1) is 14.6. The monoisotopic (exact) mass is 280 g/mol. The number of nitrogens with one attached hydrogen (secondary N) is 1. The van der Waals surface area contributed by atoms with Gasteiger partial charge in [-0.3, -0.25) is 11.3 Å². The van der Waals surface area contributed by atoms with Crippen molar-refractivity contribution in [2.24, 2.45) is 12.9 Å². The van der Waals surface area contributed by atoms with Crippen LogP contribution in [-0.4, -0.2) is 15.6 Å². The van der Waals surface area contributed by atoms with Gasteiger partial charge in [0, 0.05) is 31.9 Å². The standard InChI is InChI=1S/C14H18F2N4/c1-20-8-7-18-13(20)6-5-11(19-17)9-10-3-2-4-12(15)14(10)16/h2-4,7-8,11,19H,5-6,9,17H2,1H3. The molecule has 0 bridgehead atoms.